The summed E-state index contributed by atoms with van der Waals surface area (Å²) in [6.45, 7) is -2.22. The lowest BCUT2D eigenvalue weighted by Crippen LogP contribution is -2.17. The fourth-order valence-corrected chi connectivity index (χ4v) is 1.61. The van der Waals surface area contributed by atoms with Gasteiger partial charge in [-0.05, 0) is 61.4 Å². The maximum absolute atomic E-state index is 10.6. The maximum Gasteiger partial charge on any atom is 0.160 e. The summed E-state index contributed by atoms with van der Waals surface area (Å²) in [6, 6.07) is -5.82. The molecule has 0 saturated heterocycles. The Bertz CT molecular complexity index is 1330. The van der Waals surface area contributed by atoms with Crippen molar-refractivity contribution in [2.75, 3.05) is 20.7 Å². The van der Waals surface area contributed by atoms with Crippen molar-refractivity contribution in [3.8, 4) is 17.2 Å². The zero-order valence-electron chi connectivity index (χ0n) is 30.6. The van der Waals surface area contributed by atoms with Gasteiger partial charge in [-0.15, -0.1) is 0 Å². The normalized spacial score (nSPS) is 25.2. The molecule has 0 aromatic heterocycles. The summed E-state index contributed by atoms with van der Waals surface area (Å²) in [5.41, 5.74) is -1.18. The third kappa shape index (κ3) is 6.31. The minimum absolute atomic E-state index is 0.142. The van der Waals surface area contributed by atoms with Crippen LogP contribution in [-0.2, 0) is 6.37 Å². The average Bonchev–Trinajstić information content (AvgIpc) is 2.85. The van der Waals surface area contributed by atoms with Crippen LogP contribution in [0.4, 0.5) is 0 Å². The molecule has 0 amide bonds. The van der Waals surface area contributed by atoms with Crippen LogP contribution >= 0.6 is 0 Å². The van der Waals surface area contributed by atoms with Crippen molar-refractivity contribution in [1.29, 1.82) is 0 Å². The van der Waals surface area contributed by atoms with Crippen molar-refractivity contribution in [2.45, 2.75) is 38.6 Å². The van der Waals surface area contributed by atoms with E-state index in [0.29, 0.717) is 0 Å². The van der Waals surface area contributed by atoms with Crippen LogP contribution in [0.25, 0.3) is 0 Å². The van der Waals surface area contributed by atoms with Crippen LogP contribution in [0.1, 0.15) is 53.6 Å². The number of aliphatic hydroxyl groups is 1. The van der Waals surface area contributed by atoms with E-state index >= 15 is 0 Å². The zero-order valence-corrected chi connectivity index (χ0v) is 13.6. The SMILES string of the molecule is [2H]c1c([2H])c(C)c([2H])c(OC([2H])([2H])C([2H])(O)CCC([2H])([2H])C([2H])([2H])c2c([2H])c([2H])c(OC([2H])([2H])[2H])c(OC)c2[2H])c1[2H]. The number of ether oxygens (including phenoxy) is 3. The van der Waals surface area contributed by atoms with Crippen LogP contribution in [0.2, 0.25) is 0 Å². The Kier molecular flexibility index (Phi) is 2.59. The van der Waals surface area contributed by atoms with Gasteiger partial charge in [0.15, 0.2) is 11.5 Å². The monoisotopic (exact) mass is 361 g/mol. The molecule has 0 saturated carbocycles. The van der Waals surface area contributed by atoms with E-state index in [1.807, 2.05) is 0 Å². The topological polar surface area (TPSA) is 47.9 Å². The van der Waals surface area contributed by atoms with Gasteiger partial charge in [-0.2, -0.15) is 0 Å². The van der Waals surface area contributed by atoms with Crippen LogP contribution in [0.15, 0.2) is 42.3 Å². The van der Waals surface area contributed by atoms with Crippen LogP contribution in [0.5, 0.6) is 17.2 Å². The molecular formula is C21H28O4. The smallest absolute Gasteiger partial charge is 0.160 e. The third-order valence-electron chi connectivity index (χ3n) is 2.75. The molecule has 136 valence electrons. The molecule has 4 nitrogen and oxygen atoms in total. The summed E-state index contributed by atoms with van der Waals surface area (Å²) < 4.78 is 150. The van der Waals surface area contributed by atoms with Gasteiger partial charge in [0.2, 0.25) is 0 Å². The Morgan fingerprint density at radius 2 is 2.12 bits per heavy atom. The van der Waals surface area contributed by atoms with Crippen molar-refractivity contribution in [3.63, 3.8) is 0 Å². The van der Waals surface area contributed by atoms with Gasteiger partial charge in [0.25, 0.3) is 0 Å². The summed E-state index contributed by atoms with van der Waals surface area (Å²) >= 11 is 0. The molecule has 0 aliphatic carbocycles. The van der Waals surface area contributed by atoms with Gasteiger partial charge in [0, 0.05) is 5.48 Å². The second-order valence-electron chi connectivity index (χ2n) is 4.62. The van der Waals surface area contributed by atoms with E-state index in [4.69, 9.17) is 32.8 Å². The molecule has 2 aromatic carbocycles. The molecule has 0 spiro atoms. The molecular weight excluding hydrogens is 316 g/mol. The standard InChI is InChI=1S/C21H28O4/c1-16-7-6-10-19(13-16)25-15-18(22)9-5-4-8-17-11-12-20(23-2)21(14-17)24-3/h6-7,10-14,18,22H,4-5,8-9,15H2,1-3H3/i2D3,4D2,6D,7D,8D2,10D,11D,12D,13D,14D,15D2,18D. The molecule has 0 fully saturated rings. The fourth-order valence-electron chi connectivity index (χ4n) is 1.61. The minimum Gasteiger partial charge on any atom is -0.493 e. The number of methoxy groups -OCH3 is 2. The Morgan fingerprint density at radius 1 is 1.24 bits per heavy atom. The minimum atomic E-state index is -3.46. The second kappa shape index (κ2) is 9.94. The lowest BCUT2D eigenvalue weighted by atomic mass is 10.0. The van der Waals surface area contributed by atoms with Crippen LogP contribution in [0.3, 0.4) is 0 Å². The molecule has 2 rings (SSSR count). The quantitative estimate of drug-likeness (QED) is 0.690. The first-order chi connectivity index (χ1) is 18.8. The van der Waals surface area contributed by atoms with Gasteiger partial charge in [-0.1, -0.05) is 24.5 Å². The highest BCUT2D eigenvalue weighted by molar-refractivity contribution is 5.42. The summed E-state index contributed by atoms with van der Waals surface area (Å²) in [5, 5.41) is 10.6. The van der Waals surface area contributed by atoms with E-state index in [1.165, 1.54) is 6.92 Å². The highest BCUT2D eigenvalue weighted by Gasteiger charge is 2.07. The highest BCUT2D eigenvalue weighted by Crippen LogP contribution is 2.28. The molecule has 0 radical (unpaired) electrons. The molecule has 0 heterocycles. The van der Waals surface area contributed by atoms with Crippen molar-refractivity contribution in [3.05, 3.63) is 53.4 Å². The molecule has 2 aromatic rings. The second-order valence-corrected chi connectivity index (χ2v) is 4.62. The Morgan fingerprint density at radius 3 is 2.92 bits per heavy atom. The Labute approximate surface area is 174 Å². The number of hydrogen-bond acceptors (Lipinski definition) is 4. The van der Waals surface area contributed by atoms with E-state index in [-0.39, 0.29) is 5.56 Å². The van der Waals surface area contributed by atoms with Gasteiger partial charge in [-0.3, -0.25) is 0 Å². The van der Waals surface area contributed by atoms with Crippen molar-refractivity contribution >= 4 is 0 Å². The van der Waals surface area contributed by atoms with Gasteiger partial charge in [0.05, 0.1) is 38.0 Å². The van der Waals surface area contributed by atoms with Gasteiger partial charge < -0.3 is 19.3 Å². The zero-order chi connectivity index (χ0) is 33.0. The predicted octanol–water partition coefficient (Wildman–Crippen LogP) is 4.16. The van der Waals surface area contributed by atoms with Crippen LogP contribution in [-0.4, -0.2) is 31.9 Å². The summed E-state index contributed by atoms with van der Waals surface area (Å²) in [5.74, 6) is -2.48. The number of hydrogen-bond donors (Lipinski definition) is 1. The third-order valence-corrected chi connectivity index (χ3v) is 2.75. The van der Waals surface area contributed by atoms with E-state index < -0.39 is 110 Å². The first-order valence-corrected chi connectivity index (χ1v) is 7.11. The predicted molar refractivity (Wildman–Crippen MR) is 99.8 cm³/mol. The van der Waals surface area contributed by atoms with Gasteiger partial charge in [-0.25, -0.2) is 0 Å². The fraction of sp³-hybridized carbons (Fsp3) is 0.429. The lowest BCUT2D eigenvalue weighted by Gasteiger charge is -2.13. The molecule has 1 unspecified atom stereocenters. The first kappa shape index (κ1) is 6.51. The van der Waals surface area contributed by atoms with E-state index in [2.05, 4.69) is 4.74 Å². The largest absolute Gasteiger partial charge is 0.493 e. The van der Waals surface area contributed by atoms with E-state index in [1.54, 1.807) is 0 Å². The van der Waals surface area contributed by atoms with Crippen LogP contribution in [0, 0.1) is 6.92 Å². The lowest BCUT2D eigenvalue weighted by molar-refractivity contribution is 0.0976. The Hall–Kier alpha value is -2.20. The Balaban J connectivity index is 2.48. The number of rotatable bonds is 10. The average molecular weight is 362 g/mol. The van der Waals surface area contributed by atoms with E-state index in [0.717, 1.165) is 7.11 Å². The number of benzene rings is 2. The van der Waals surface area contributed by atoms with Crippen LogP contribution < -0.4 is 14.2 Å². The van der Waals surface area contributed by atoms with Crippen molar-refractivity contribution in [1.82, 2.24) is 0 Å². The molecule has 4 heteroatoms. The first-order valence-electron chi connectivity index (χ1n) is 15.6. The molecule has 1 N–H and O–H groups in total. The summed E-state index contributed by atoms with van der Waals surface area (Å²) in [7, 11) is -2.19. The maximum atomic E-state index is 10.6. The molecule has 25 heavy (non-hydrogen) atoms. The highest BCUT2D eigenvalue weighted by atomic mass is 16.5. The van der Waals surface area contributed by atoms with Crippen molar-refractivity contribution in [2.24, 2.45) is 0 Å². The molecule has 0 aliphatic heterocycles. The summed E-state index contributed by atoms with van der Waals surface area (Å²) in [4.78, 5) is 0. The molecule has 0 bridgehead atoms. The van der Waals surface area contributed by atoms with Crippen molar-refractivity contribution < 1.29 is 42.6 Å². The van der Waals surface area contributed by atoms with E-state index in [9.17, 15) is 5.11 Å². The van der Waals surface area contributed by atoms with Gasteiger partial charge in [0.1, 0.15) is 12.3 Å². The summed E-state index contributed by atoms with van der Waals surface area (Å²) in [6.07, 6.45) is -12.2. The molecule has 0 aliphatic rings. The molecule has 1 atom stereocenters. The van der Waals surface area contributed by atoms with Gasteiger partial charge >= 0.3 is 0 Å².